The third-order valence-electron chi connectivity index (χ3n) is 4.46. The molecule has 1 fully saturated rings. The highest BCUT2D eigenvalue weighted by Gasteiger charge is 2.21. The third kappa shape index (κ3) is 4.41. The zero-order chi connectivity index (χ0) is 18.5. The second-order valence-electron chi connectivity index (χ2n) is 6.36. The molecule has 0 bridgehead atoms. The molecule has 4 nitrogen and oxygen atoms in total. The van der Waals surface area contributed by atoms with Crippen LogP contribution in [0.2, 0.25) is 5.02 Å². The van der Waals surface area contributed by atoms with Gasteiger partial charge >= 0.3 is 0 Å². The molecule has 1 aliphatic heterocycles. The van der Waals surface area contributed by atoms with Gasteiger partial charge in [0.2, 0.25) is 0 Å². The highest BCUT2D eigenvalue weighted by Crippen LogP contribution is 2.24. The summed E-state index contributed by atoms with van der Waals surface area (Å²) in [6, 6.07) is 10.1. The number of likely N-dealkylation sites (tertiary alicyclic amines) is 1. The molecule has 0 spiro atoms. The smallest absolute Gasteiger partial charge is 0.255 e. The second-order valence-corrected chi connectivity index (χ2v) is 6.79. The lowest BCUT2D eigenvalue weighted by atomic mass is 10.1. The molecule has 3 rings (SSSR count). The molecule has 2 aromatic rings. The summed E-state index contributed by atoms with van der Waals surface area (Å²) < 4.78 is 13.0. The lowest BCUT2D eigenvalue weighted by molar-refractivity contribution is 0.0762. The first kappa shape index (κ1) is 18.4. The van der Waals surface area contributed by atoms with E-state index >= 15 is 0 Å². The van der Waals surface area contributed by atoms with Crippen molar-refractivity contribution in [2.45, 2.75) is 25.7 Å². The standard InChI is InChI=1S/C20H20ClFN2O2/c21-15-7-10-17(20(26)24-11-3-1-2-4-12-24)18(13-15)23-19(25)14-5-8-16(22)9-6-14/h5-10,13H,1-4,11-12H2,(H,23,25). The van der Waals surface area contributed by atoms with Gasteiger partial charge in [0, 0.05) is 23.7 Å². The molecule has 136 valence electrons. The normalized spacial score (nSPS) is 14.6. The molecule has 1 saturated heterocycles. The number of anilines is 1. The van der Waals surface area contributed by atoms with Crippen molar-refractivity contribution in [3.05, 3.63) is 64.4 Å². The molecule has 0 aromatic heterocycles. The molecule has 0 aliphatic carbocycles. The quantitative estimate of drug-likeness (QED) is 0.843. The molecule has 0 atom stereocenters. The molecule has 0 unspecified atom stereocenters. The highest BCUT2D eigenvalue weighted by atomic mass is 35.5. The highest BCUT2D eigenvalue weighted by molar-refractivity contribution is 6.31. The van der Waals surface area contributed by atoms with Gasteiger partial charge in [0.25, 0.3) is 11.8 Å². The van der Waals surface area contributed by atoms with E-state index in [-0.39, 0.29) is 5.91 Å². The summed E-state index contributed by atoms with van der Waals surface area (Å²) >= 11 is 6.06. The Hall–Kier alpha value is -2.40. The lowest BCUT2D eigenvalue weighted by Gasteiger charge is -2.22. The maximum Gasteiger partial charge on any atom is 0.255 e. The Kier molecular flexibility index (Phi) is 5.89. The van der Waals surface area contributed by atoms with Crippen LogP contribution in [0.25, 0.3) is 0 Å². The van der Waals surface area contributed by atoms with Crippen molar-refractivity contribution in [3.63, 3.8) is 0 Å². The van der Waals surface area contributed by atoms with Crippen LogP contribution >= 0.6 is 11.6 Å². The van der Waals surface area contributed by atoms with Crippen LogP contribution in [0.15, 0.2) is 42.5 Å². The van der Waals surface area contributed by atoms with E-state index in [0.717, 1.165) is 25.7 Å². The minimum Gasteiger partial charge on any atom is -0.339 e. The van der Waals surface area contributed by atoms with Crippen LogP contribution in [0.1, 0.15) is 46.4 Å². The molecular formula is C20H20ClFN2O2. The van der Waals surface area contributed by atoms with Crippen molar-refractivity contribution in [1.29, 1.82) is 0 Å². The number of rotatable bonds is 3. The van der Waals surface area contributed by atoms with E-state index in [1.54, 1.807) is 18.2 Å². The maximum absolute atomic E-state index is 13.0. The Labute approximate surface area is 157 Å². The minimum atomic E-state index is -0.419. The van der Waals surface area contributed by atoms with E-state index in [2.05, 4.69) is 5.32 Å². The van der Waals surface area contributed by atoms with Crippen LogP contribution in [0.4, 0.5) is 10.1 Å². The van der Waals surface area contributed by atoms with Crippen LogP contribution in [-0.2, 0) is 0 Å². The first-order valence-electron chi connectivity index (χ1n) is 8.70. The topological polar surface area (TPSA) is 49.4 Å². The number of nitrogens with one attached hydrogen (secondary N) is 1. The van der Waals surface area contributed by atoms with E-state index in [1.807, 2.05) is 4.90 Å². The van der Waals surface area contributed by atoms with Gasteiger partial charge in [0.1, 0.15) is 5.82 Å². The van der Waals surface area contributed by atoms with Crippen LogP contribution in [0.3, 0.4) is 0 Å². The van der Waals surface area contributed by atoms with Crippen molar-refractivity contribution in [3.8, 4) is 0 Å². The number of hydrogen-bond acceptors (Lipinski definition) is 2. The van der Waals surface area contributed by atoms with Crippen molar-refractivity contribution in [2.75, 3.05) is 18.4 Å². The van der Waals surface area contributed by atoms with Gasteiger partial charge in [-0.1, -0.05) is 24.4 Å². The number of amides is 2. The monoisotopic (exact) mass is 374 g/mol. The average molecular weight is 375 g/mol. The van der Waals surface area contributed by atoms with E-state index in [4.69, 9.17) is 11.6 Å². The molecule has 1 aliphatic rings. The number of hydrogen-bond donors (Lipinski definition) is 1. The largest absolute Gasteiger partial charge is 0.339 e. The number of nitrogens with zero attached hydrogens (tertiary/aromatic N) is 1. The fraction of sp³-hybridized carbons (Fsp3) is 0.300. The molecule has 2 aromatic carbocycles. The van der Waals surface area contributed by atoms with Crippen LogP contribution in [-0.4, -0.2) is 29.8 Å². The van der Waals surface area contributed by atoms with Crippen molar-refractivity contribution >= 4 is 29.1 Å². The summed E-state index contributed by atoms with van der Waals surface area (Å²) in [5, 5.41) is 3.15. The van der Waals surface area contributed by atoms with Crippen LogP contribution < -0.4 is 5.32 Å². The van der Waals surface area contributed by atoms with Gasteiger partial charge in [-0.05, 0) is 55.3 Å². The van der Waals surface area contributed by atoms with Gasteiger partial charge in [0.15, 0.2) is 0 Å². The average Bonchev–Trinajstić information content (AvgIpc) is 2.91. The van der Waals surface area contributed by atoms with Gasteiger partial charge in [-0.25, -0.2) is 4.39 Å². The van der Waals surface area contributed by atoms with Crippen LogP contribution in [0.5, 0.6) is 0 Å². The second kappa shape index (κ2) is 8.32. The molecule has 26 heavy (non-hydrogen) atoms. The summed E-state index contributed by atoms with van der Waals surface area (Å²) in [5.74, 6) is -0.948. The summed E-state index contributed by atoms with van der Waals surface area (Å²) in [6.45, 7) is 1.43. The third-order valence-corrected chi connectivity index (χ3v) is 4.70. The molecule has 2 amide bonds. The number of halogens is 2. The molecule has 1 N–H and O–H groups in total. The summed E-state index contributed by atoms with van der Waals surface area (Å²) in [4.78, 5) is 27.2. The Balaban J connectivity index is 1.84. The van der Waals surface area contributed by atoms with Gasteiger partial charge < -0.3 is 10.2 Å². The van der Waals surface area contributed by atoms with E-state index in [9.17, 15) is 14.0 Å². The van der Waals surface area contributed by atoms with Gasteiger partial charge in [-0.2, -0.15) is 0 Å². The van der Waals surface area contributed by atoms with E-state index in [0.29, 0.717) is 34.9 Å². The number of carbonyl (C=O) groups is 2. The SMILES string of the molecule is O=C(Nc1cc(Cl)ccc1C(=O)N1CCCCCC1)c1ccc(F)cc1. The summed E-state index contributed by atoms with van der Waals surface area (Å²) in [7, 11) is 0. The summed E-state index contributed by atoms with van der Waals surface area (Å²) in [6.07, 6.45) is 4.21. The number of carbonyl (C=O) groups excluding carboxylic acids is 2. The summed E-state index contributed by atoms with van der Waals surface area (Å²) in [5.41, 5.74) is 1.08. The molecule has 1 heterocycles. The first-order chi connectivity index (χ1) is 12.5. The minimum absolute atomic E-state index is 0.113. The maximum atomic E-state index is 13.0. The Morgan fingerprint density at radius 1 is 0.962 bits per heavy atom. The lowest BCUT2D eigenvalue weighted by Crippen LogP contribution is -2.32. The predicted molar refractivity (Wildman–Crippen MR) is 100 cm³/mol. The number of benzene rings is 2. The Bertz CT molecular complexity index is 800. The Morgan fingerprint density at radius 3 is 2.27 bits per heavy atom. The molecule has 0 radical (unpaired) electrons. The van der Waals surface area contributed by atoms with E-state index < -0.39 is 11.7 Å². The first-order valence-corrected chi connectivity index (χ1v) is 9.08. The zero-order valence-electron chi connectivity index (χ0n) is 14.3. The van der Waals surface area contributed by atoms with Crippen molar-refractivity contribution < 1.29 is 14.0 Å². The van der Waals surface area contributed by atoms with Crippen LogP contribution in [0, 0.1) is 5.82 Å². The van der Waals surface area contributed by atoms with Gasteiger partial charge in [-0.3, -0.25) is 9.59 Å². The van der Waals surface area contributed by atoms with E-state index in [1.165, 1.54) is 24.3 Å². The zero-order valence-corrected chi connectivity index (χ0v) is 15.1. The van der Waals surface area contributed by atoms with Crippen molar-refractivity contribution in [1.82, 2.24) is 4.90 Å². The fourth-order valence-corrected chi connectivity index (χ4v) is 3.22. The van der Waals surface area contributed by atoms with Crippen molar-refractivity contribution in [2.24, 2.45) is 0 Å². The Morgan fingerprint density at radius 2 is 1.62 bits per heavy atom. The fourth-order valence-electron chi connectivity index (χ4n) is 3.05. The molecule has 6 heteroatoms. The predicted octanol–water partition coefficient (Wildman–Crippen LogP) is 4.75. The molecular weight excluding hydrogens is 355 g/mol. The van der Waals surface area contributed by atoms with Gasteiger partial charge in [0.05, 0.1) is 11.3 Å². The van der Waals surface area contributed by atoms with Gasteiger partial charge in [-0.15, -0.1) is 0 Å². The molecule has 0 saturated carbocycles.